The van der Waals surface area contributed by atoms with E-state index in [-0.39, 0.29) is 29.8 Å². The van der Waals surface area contributed by atoms with E-state index in [1.54, 1.807) is 0 Å². The van der Waals surface area contributed by atoms with Gasteiger partial charge in [0.2, 0.25) is 0 Å². The first-order valence-corrected chi connectivity index (χ1v) is 9.70. The molecule has 0 aliphatic carbocycles. The Morgan fingerprint density at radius 2 is 1.82 bits per heavy atom. The second-order valence-corrected chi connectivity index (χ2v) is 6.76. The maximum absolute atomic E-state index is 14.0. The first kappa shape index (κ1) is 23.1. The predicted octanol–water partition coefficient (Wildman–Crippen LogP) is 2.00. The summed E-state index contributed by atoms with van der Waals surface area (Å²) in [5.41, 5.74) is 0.337. The van der Waals surface area contributed by atoms with Crippen molar-refractivity contribution >= 4 is 35.6 Å². The van der Waals surface area contributed by atoms with Gasteiger partial charge >= 0.3 is 0 Å². The van der Waals surface area contributed by atoms with Crippen molar-refractivity contribution in [3.63, 3.8) is 0 Å². The molecule has 0 saturated carbocycles. The van der Waals surface area contributed by atoms with E-state index in [0.717, 1.165) is 71.1 Å². The summed E-state index contributed by atoms with van der Waals surface area (Å²) in [6, 6.07) is 3.61. The average molecular weight is 509 g/mol. The number of aliphatic imine (C=N–C) groups is 1. The number of morpholine rings is 1. The third-order valence-electron chi connectivity index (χ3n) is 4.94. The van der Waals surface area contributed by atoms with Crippen LogP contribution in [0.1, 0.15) is 6.92 Å². The number of halogens is 3. The van der Waals surface area contributed by atoms with Crippen LogP contribution in [0.5, 0.6) is 0 Å². The Hall–Kier alpha value is -1.20. The van der Waals surface area contributed by atoms with Crippen LogP contribution in [-0.2, 0) is 4.74 Å². The highest BCUT2D eigenvalue weighted by molar-refractivity contribution is 14.0. The molecular weight excluding hydrogens is 479 g/mol. The number of nitrogens with zero attached hydrogens (tertiary/aromatic N) is 4. The smallest absolute Gasteiger partial charge is 0.194 e. The van der Waals surface area contributed by atoms with E-state index in [9.17, 15) is 8.78 Å². The third-order valence-corrected chi connectivity index (χ3v) is 4.94. The van der Waals surface area contributed by atoms with Gasteiger partial charge in [0.15, 0.2) is 5.96 Å². The van der Waals surface area contributed by atoms with Crippen LogP contribution in [0.2, 0.25) is 0 Å². The molecule has 2 aliphatic heterocycles. The van der Waals surface area contributed by atoms with Gasteiger partial charge in [-0.2, -0.15) is 0 Å². The SMILES string of the molecule is CCNC(=NCCN1CCOCC1)N1CCN(c2cc(F)ccc2F)CC1.I. The summed E-state index contributed by atoms with van der Waals surface area (Å²) in [6.07, 6.45) is 0. The zero-order valence-corrected chi connectivity index (χ0v) is 18.7. The highest BCUT2D eigenvalue weighted by atomic mass is 127. The monoisotopic (exact) mass is 509 g/mol. The van der Waals surface area contributed by atoms with Crippen LogP contribution in [0, 0.1) is 11.6 Å². The molecule has 0 radical (unpaired) electrons. The normalized spacial score (nSPS) is 18.8. The minimum absolute atomic E-state index is 0. The molecule has 0 bridgehead atoms. The fourth-order valence-electron chi connectivity index (χ4n) is 3.44. The lowest BCUT2D eigenvalue weighted by molar-refractivity contribution is 0.0394. The summed E-state index contributed by atoms with van der Waals surface area (Å²) < 4.78 is 32.8. The number of ether oxygens (including phenoxy) is 1. The number of nitrogens with one attached hydrogen (secondary N) is 1. The number of hydrogen-bond donors (Lipinski definition) is 1. The van der Waals surface area contributed by atoms with Gasteiger partial charge in [-0.1, -0.05) is 0 Å². The van der Waals surface area contributed by atoms with Gasteiger partial charge in [0.1, 0.15) is 11.6 Å². The maximum Gasteiger partial charge on any atom is 0.194 e. The molecule has 2 aliphatic rings. The number of benzene rings is 1. The standard InChI is InChI=1S/C19H29F2N5O.HI/c1-2-22-19(23-5-6-24-11-13-27-14-12-24)26-9-7-25(8-10-26)18-15-16(20)3-4-17(18)21;/h3-4,15H,2,5-14H2,1H3,(H,22,23);1H. The van der Waals surface area contributed by atoms with Gasteiger partial charge in [0, 0.05) is 58.4 Å². The Balaban J connectivity index is 0.00000280. The predicted molar refractivity (Wildman–Crippen MR) is 119 cm³/mol. The molecule has 0 amide bonds. The Kier molecular flexibility index (Phi) is 9.66. The lowest BCUT2D eigenvalue weighted by Gasteiger charge is -2.38. The van der Waals surface area contributed by atoms with Gasteiger partial charge in [-0.05, 0) is 19.1 Å². The molecule has 0 aromatic heterocycles. The Morgan fingerprint density at radius 3 is 2.50 bits per heavy atom. The van der Waals surface area contributed by atoms with E-state index >= 15 is 0 Å². The Bertz CT molecular complexity index is 635. The van der Waals surface area contributed by atoms with Crippen molar-refractivity contribution in [2.24, 2.45) is 4.99 Å². The summed E-state index contributed by atoms with van der Waals surface area (Å²) in [6.45, 7) is 10.7. The highest BCUT2D eigenvalue weighted by Gasteiger charge is 2.22. The van der Waals surface area contributed by atoms with Crippen molar-refractivity contribution in [1.82, 2.24) is 15.1 Å². The van der Waals surface area contributed by atoms with E-state index in [1.807, 2.05) is 4.90 Å². The molecule has 2 heterocycles. The molecule has 3 rings (SSSR count). The molecule has 1 aromatic rings. The lowest BCUT2D eigenvalue weighted by Crippen LogP contribution is -2.53. The lowest BCUT2D eigenvalue weighted by atomic mass is 10.2. The minimum Gasteiger partial charge on any atom is -0.379 e. The molecule has 0 atom stereocenters. The van der Waals surface area contributed by atoms with Crippen LogP contribution < -0.4 is 10.2 Å². The van der Waals surface area contributed by atoms with Crippen molar-refractivity contribution in [1.29, 1.82) is 0 Å². The van der Waals surface area contributed by atoms with Gasteiger partial charge in [0.25, 0.3) is 0 Å². The van der Waals surface area contributed by atoms with Gasteiger partial charge in [-0.3, -0.25) is 9.89 Å². The van der Waals surface area contributed by atoms with Crippen molar-refractivity contribution < 1.29 is 13.5 Å². The van der Waals surface area contributed by atoms with Gasteiger partial charge in [-0.15, -0.1) is 24.0 Å². The highest BCUT2D eigenvalue weighted by Crippen LogP contribution is 2.21. The number of rotatable bonds is 5. The van der Waals surface area contributed by atoms with Crippen LogP contribution in [-0.4, -0.2) is 87.9 Å². The van der Waals surface area contributed by atoms with Crippen LogP contribution in [0.3, 0.4) is 0 Å². The molecule has 0 unspecified atom stereocenters. The molecule has 1 aromatic carbocycles. The van der Waals surface area contributed by atoms with Crippen molar-refractivity contribution in [3.05, 3.63) is 29.8 Å². The number of anilines is 1. The maximum atomic E-state index is 14.0. The first-order valence-electron chi connectivity index (χ1n) is 9.70. The summed E-state index contributed by atoms with van der Waals surface area (Å²) in [7, 11) is 0. The zero-order valence-electron chi connectivity index (χ0n) is 16.4. The summed E-state index contributed by atoms with van der Waals surface area (Å²) >= 11 is 0. The summed E-state index contributed by atoms with van der Waals surface area (Å²) in [4.78, 5) is 11.2. The molecule has 9 heteroatoms. The van der Waals surface area contributed by atoms with Crippen LogP contribution in [0.4, 0.5) is 14.5 Å². The number of hydrogen-bond acceptors (Lipinski definition) is 4. The fourth-order valence-corrected chi connectivity index (χ4v) is 3.44. The van der Waals surface area contributed by atoms with Crippen LogP contribution in [0.25, 0.3) is 0 Å². The topological polar surface area (TPSA) is 43.3 Å². The van der Waals surface area contributed by atoms with Crippen LogP contribution >= 0.6 is 24.0 Å². The molecule has 2 fully saturated rings. The van der Waals surface area contributed by atoms with Gasteiger partial charge < -0.3 is 19.9 Å². The third kappa shape index (κ3) is 6.41. The number of guanidine groups is 1. The molecule has 6 nitrogen and oxygen atoms in total. The largest absolute Gasteiger partial charge is 0.379 e. The second-order valence-electron chi connectivity index (χ2n) is 6.76. The van der Waals surface area contributed by atoms with Crippen molar-refractivity contribution in [2.45, 2.75) is 6.92 Å². The second kappa shape index (κ2) is 11.7. The quantitative estimate of drug-likeness (QED) is 0.374. The van der Waals surface area contributed by atoms with Crippen molar-refractivity contribution in [3.8, 4) is 0 Å². The summed E-state index contributed by atoms with van der Waals surface area (Å²) in [5, 5.41) is 3.35. The Labute approximate surface area is 182 Å². The van der Waals surface area contributed by atoms with Gasteiger partial charge in [0.05, 0.1) is 25.4 Å². The molecule has 158 valence electrons. The van der Waals surface area contributed by atoms with E-state index in [2.05, 4.69) is 22.0 Å². The van der Waals surface area contributed by atoms with Crippen molar-refractivity contribution in [2.75, 3.05) is 77.0 Å². The van der Waals surface area contributed by atoms with E-state index < -0.39 is 5.82 Å². The zero-order chi connectivity index (χ0) is 19.1. The average Bonchev–Trinajstić information content (AvgIpc) is 2.70. The fraction of sp³-hybridized carbons (Fsp3) is 0.632. The van der Waals surface area contributed by atoms with Gasteiger partial charge in [-0.25, -0.2) is 8.78 Å². The minimum atomic E-state index is -0.410. The molecular formula is C19H30F2IN5O. The Morgan fingerprint density at radius 1 is 1.11 bits per heavy atom. The molecule has 1 N–H and O–H groups in total. The molecule has 28 heavy (non-hydrogen) atoms. The number of piperazine rings is 1. The van der Waals surface area contributed by atoms with E-state index in [0.29, 0.717) is 18.8 Å². The first-order chi connectivity index (χ1) is 13.2. The van der Waals surface area contributed by atoms with Crippen LogP contribution in [0.15, 0.2) is 23.2 Å². The molecule has 2 saturated heterocycles. The van der Waals surface area contributed by atoms with E-state index in [1.165, 1.54) is 12.1 Å². The summed E-state index contributed by atoms with van der Waals surface area (Å²) in [5.74, 6) is 0.105. The van der Waals surface area contributed by atoms with E-state index in [4.69, 9.17) is 9.73 Å². The molecule has 0 spiro atoms.